The van der Waals surface area contributed by atoms with Gasteiger partial charge in [0, 0.05) is 12.5 Å². The lowest BCUT2D eigenvalue weighted by Crippen LogP contribution is -2.19. The van der Waals surface area contributed by atoms with E-state index >= 15 is 0 Å². The molecule has 0 N–H and O–H groups in total. The van der Waals surface area contributed by atoms with Gasteiger partial charge in [-0.3, -0.25) is 0 Å². The van der Waals surface area contributed by atoms with Crippen molar-refractivity contribution < 1.29 is 9.53 Å². The smallest absolute Gasteiger partial charge is 0.131 e. The number of methoxy groups -OCH3 is 1. The third-order valence-corrected chi connectivity index (χ3v) is 3.18. The third kappa shape index (κ3) is 2.19. The third-order valence-electron chi connectivity index (χ3n) is 2.18. The van der Waals surface area contributed by atoms with Crippen molar-refractivity contribution in [3.63, 3.8) is 0 Å². The molecule has 1 heterocycles. The molecule has 0 saturated heterocycles. The number of aromatic nitrogens is 1. The fraction of sp³-hybridized carbons (Fsp3) is 0.600. The van der Waals surface area contributed by atoms with Crippen LogP contribution >= 0.6 is 11.3 Å². The number of nitrogens with zero attached hydrogens (tertiary/aromatic N) is 1. The number of thiazole rings is 1. The Bertz CT molecular complexity index is 320. The lowest BCUT2D eigenvalue weighted by Gasteiger charge is -2.13. The molecule has 4 heteroatoms. The van der Waals surface area contributed by atoms with Crippen LogP contribution in [0.3, 0.4) is 0 Å². The molecule has 1 unspecified atom stereocenters. The van der Waals surface area contributed by atoms with Gasteiger partial charge in [-0.2, -0.15) is 0 Å². The van der Waals surface area contributed by atoms with Crippen LogP contribution < -0.4 is 0 Å². The van der Waals surface area contributed by atoms with Crippen LogP contribution in [0.25, 0.3) is 0 Å². The molecule has 0 amide bonds. The van der Waals surface area contributed by atoms with Crippen molar-refractivity contribution in [2.24, 2.45) is 0 Å². The molecule has 1 aromatic heterocycles. The predicted octanol–water partition coefficient (Wildman–Crippen LogP) is 2.33. The van der Waals surface area contributed by atoms with Gasteiger partial charge in [0.05, 0.1) is 11.1 Å². The van der Waals surface area contributed by atoms with Crippen molar-refractivity contribution in [2.75, 3.05) is 7.11 Å². The van der Waals surface area contributed by atoms with Crippen LogP contribution in [0.1, 0.15) is 37.6 Å². The van der Waals surface area contributed by atoms with E-state index in [2.05, 4.69) is 4.98 Å². The van der Waals surface area contributed by atoms with Gasteiger partial charge in [-0.15, -0.1) is 11.3 Å². The molecule has 0 radical (unpaired) electrons. The van der Waals surface area contributed by atoms with E-state index in [0.717, 1.165) is 17.0 Å². The molecular formula is C10H15NO2S. The minimum atomic E-state index is -0.498. The van der Waals surface area contributed by atoms with Crippen LogP contribution in [0.4, 0.5) is 0 Å². The zero-order chi connectivity index (χ0) is 10.8. The first-order chi connectivity index (χ1) is 6.51. The lowest BCUT2D eigenvalue weighted by atomic mass is 9.92. The van der Waals surface area contributed by atoms with E-state index in [-0.39, 0.29) is 6.10 Å². The van der Waals surface area contributed by atoms with Gasteiger partial charge in [0.25, 0.3) is 0 Å². The number of carbonyl (C=O) groups excluding carboxylic acids is 1. The number of ether oxygens (including phenoxy) is 1. The first-order valence-electron chi connectivity index (χ1n) is 4.46. The van der Waals surface area contributed by atoms with Gasteiger partial charge in [-0.25, -0.2) is 4.98 Å². The standard InChI is InChI=1S/C10H15NO2S/c1-7(13-4)9-11-8(5-14-9)10(2,3)6-12/h5-7H,1-4H3. The Morgan fingerprint density at radius 1 is 1.64 bits per heavy atom. The second kappa shape index (κ2) is 4.19. The van der Waals surface area contributed by atoms with Gasteiger partial charge in [0.15, 0.2) is 0 Å². The molecule has 0 aliphatic rings. The summed E-state index contributed by atoms with van der Waals surface area (Å²) < 4.78 is 5.16. The molecule has 14 heavy (non-hydrogen) atoms. The Balaban J connectivity index is 2.93. The quantitative estimate of drug-likeness (QED) is 0.720. The molecule has 0 bridgehead atoms. The molecule has 0 saturated carbocycles. The Hall–Kier alpha value is -0.740. The normalized spacial score (nSPS) is 14.0. The molecule has 0 spiro atoms. The maximum absolute atomic E-state index is 10.8. The second-order valence-electron chi connectivity index (χ2n) is 3.79. The van der Waals surface area contributed by atoms with Crippen molar-refractivity contribution >= 4 is 17.6 Å². The monoisotopic (exact) mass is 213 g/mol. The van der Waals surface area contributed by atoms with E-state index in [1.807, 2.05) is 26.2 Å². The summed E-state index contributed by atoms with van der Waals surface area (Å²) in [5.41, 5.74) is 0.318. The van der Waals surface area contributed by atoms with Crippen LogP contribution in [0.5, 0.6) is 0 Å². The minimum absolute atomic E-state index is 0.00352. The van der Waals surface area contributed by atoms with Gasteiger partial charge in [0.2, 0.25) is 0 Å². The molecular weight excluding hydrogens is 198 g/mol. The molecule has 3 nitrogen and oxygen atoms in total. The number of rotatable bonds is 4. The Labute approximate surface area is 88.1 Å². The van der Waals surface area contributed by atoms with E-state index in [1.54, 1.807) is 7.11 Å². The number of hydrogen-bond donors (Lipinski definition) is 0. The summed E-state index contributed by atoms with van der Waals surface area (Å²) in [6.45, 7) is 5.66. The summed E-state index contributed by atoms with van der Waals surface area (Å²) >= 11 is 1.53. The van der Waals surface area contributed by atoms with Crippen molar-refractivity contribution in [1.82, 2.24) is 4.98 Å². The summed E-state index contributed by atoms with van der Waals surface area (Å²) in [6, 6.07) is 0. The van der Waals surface area contributed by atoms with Gasteiger partial charge < -0.3 is 9.53 Å². The van der Waals surface area contributed by atoms with E-state index in [4.69, 9.17) is 4.74 Å². The Morgan fingerprint density at radius 3 is 2.79 bits per heavy atom. The van der Waals surface area contributed by atoms with Crippen LogP contribution in [0.2, 0.25) is 0 Å². The van der Waals surface area contributed by atoms with Crippen LogP contribution in [0.15, 0.2) is 5.38 Å². The van der Waals surface area contributed by atoms with Crippen molar-refractivity contribution in [1.29, 1.82) is 0 Å². The Morgan fingerprint density at radius 2 is 2.29 bits per heavy atom. The first-order valence-corrected chi connectivity index (χ1v) is 5.34. The number of carbonyl (C=O) groups is 1. The molecule has 78 valence electrons. The minimum Gasteiger partial charge on any atom is -0.375 e. The molecule has 0 fully saturated rings. The second-order valence-corrected chi connectivity index (χ2v) is 4.68. The predicted molar refractivity (Wildman–Crippen MR) is 56.6 cm³/mol. The topological polar surface area (TPSA) is 39.2 Å². The molecule has 0 aliphatic carbocycles. The van der Waals surface area contributed by atoms with Crippen LogP contribution in [0, 0.1) is 0 Å². The lowest BCUT2D eigenvalue weighted by molar-refractivity contribution is -0.111. The van der Waals surface area contributed by atoms with E-state index in [0.29, 0.717) is 0 Å². The van der Waals surface area contributed by atoms with E-state index in [1.165, 1.54) is 11.3 Å². The molecule has 0 aromatic carbocycles. The highest BCUT2D eigenvalue weighted by atomic mass is 32.1. The SMILES string of the molecule is COC(C)c1nc(C(C)(C)C=O)cs1. The van der Waals surface area contributed by atoms with Crippen molar-refractivity contribution in [2.45, 2.75) is 32.3 Å². The maximum atomic E-state index is 10.8. The maximum Gasteiger partial charge on any atom is 0.131 e. The average Bonchev–Trinajstić information content (AvgIpc) is 2.66. The Kier molecular flexibility index (Phi) is 3.39. The summed E-state index contributed by atoms with van der Waals surface area (Å²) in [4.78, 5) is 15.2. The highest BCUT2D eigenvalue weighted by Crippen LogP contribution is 2.26. The fourth-order valence-corrected chi connectivity index (χ4v) is 1.96. The van der Waals surface area contributed by atoms with Gasteiger partial charge in [-0.05, 0) is 20.8 Å². The zero-order valence-corrected chi connectivity index (χ0v) is 9.72. The summed E-state index contributed by atoms with van der Waals surface area (Å²) in [5, 5.41) is 2.83. The zero-order valence-electron chi connectivity index (χ0n) is 8.90. The van der Waals surface area contributed by atoms with Gasteiger partial charge in [0.1, 0.15) is 17.4 Å². The van der Waals surface area contributed by atoms with Crippen LogP contribution in [-0.4, -0.2) is 18.4 Å². The highest BCUT2D eigenvalue weighted by Gasteiger charge is 2.23. The van der Waals surface area contributed by atoms with Gasteiger partial charge in [-0.1, -0.05) is 0 Å². The van der Waals surface area contributed by atoms with E-state index < -0.39 is 5.41 Å². The van der Waals surface area contributed by atoms with E-state index in [9.17, 15) is 4.79 Å². The average molecular weight is 213 g/mol. The summed E-state index contributed by atoms with van der Waals surface area (Å²) in [6.07, 6.45) is 0.916. The van der Waals surface area contributed by atoms with Crippen LogP contribution in [-0.2, 0) is 14.9 Å². The summed E-state index contributed by atoms with van der Waals surface area (Å²) in [5.74, 6) is 0. The van der Waals surface area contributed by atoms with Crippen molar-refractivity contribution in [3.05, 3.63) is 16.1 Å². The largest absolute Gasteiger partial charge is 0.375 e. The molecule has 1 aromatic rings. The molecule has 1 atom stereocenters. The fourth-order valence-electron chi connectivity index (χ4n) is 0.931. The molecule has 0 aliphatic heterocycles. The van der Waals surface area contributed by atoms with Crippen molar-refractivity contribution in [3.8, 4) is 0 Å². The number of hydrogen-bond acceptors (Lipinski definition) is 4. The molecule has 1 rings (SSSR count). The van der Waals surface area contributed by atoms with Gasteiger partial charge >= 0.3 is 0 Å². The summed E-state index contributed by atoms with van der Waals surface area (Å²) in [7, 11) is 1.65. The number of aldehydes is 1. The first kappa shape index (κ1) is 11.3. The highest BCUT2D eigenvalue weighted by molar-refractivity contribution is 7.09.